The van der Waals surface area contributed by atoms with Crippen LogP contribution in [0.2, 0.25) is 0 Å². The number of fused-ring (bicyclic) bond motifs is 1. The molecule has 4 rings (SSSR count). The zero-order valence-electron chi connectivity index (χ0n) is 18.4. The second kappa shape index (κ2) is 9.12. The molecule has 1 atom stereocenters. The summed E-state index contributed by atoms with van der Waals surface area (Å²) in [6.45, 7) is 4.45. The number of hydrogen-bond donors (Lipinski definition) is 1. The number of nitrogens with one attached hydrogen (secondary N) is 1. The Morgan fingerprint density at radius 1 is 1.31 bits per heavy atom. The van der Waals surface area contributed by atoms with Crippen molar-refractivity contribution < 1.29 is 14.3 Å². The highest BCUT2D eigenvalue weighted by Crippen LogP contribution is 2.28. The molecule has 3 heterocycles. The summed E-state index contributed by atoms with van der Waals surface area (Å²) in [5, 5.41) is 3.23. The van der Waals surface area contributed by atoms with Crippen molar-refractivity contribution >= 4 is 39.1 Å². The fourth-order valence-corrected chi connectivity index (χ4v) is 5.12. The molecule has 2 aromatic heterocycles. The van der Waals surface area contributed by atoms with Gasteiger partial charge in [0.25, 0.3) is 11.5 Å². The summed E-state index contributed by atoms with van der Waals surface area (Å²) in [5.74, 6) is 0.236. The van der Waals surface area contributed by atoms with E-state index in [-0.39, 0.29) is 30.0 Å². The molecule has 8 nitrogen and oxygen atoms in total. The monoisotopic (exact) mass is 454 g/mol. The fourth-order valence-electron chi connectivity index (χ4n) is 4.08. The maximum atomic E-state index is 13.1. The van der Waals surface area contributed by atoms with E-state index < -0.39 is 0 Å². The molecule has 1 aromatic carbocycles. The van der Waals surface area contributed by atoms with Crippen molar-refractivity contribution in [3.63, 3.8) is 0 Å². The Balaban J connectivity index is 1.60. The number of ether oxygens (including phenoxy) is 1. The maximum absolute atomic E-state index is 13.1. The molecule has 32 heavy (non-hydrogen) atoms. The summed E-state index contributed by atoms with van der Waals surface area (Å²) in [6.07, 6.45) is 4.48. The van der Waals surface area contributed by atoms with Crippen molar-refractivity contribution in [2.75, 3.05) is 19.0 Å². The molecular formula is C23H26N4O4S. The zero-order valence-corrected chi connectivity index (χ0v) is 19.2. The highest BCUT2D eigenvalue weighted by molar-refractivity contribution is 7.20. The van der Waals surface area contributed by atoms with Gasteiger partial charge >= 0.3 is 0 Å². The van der Waals surface area contributed by atoms with Gasteiger partial charge in [-0.15, -0.1) is 11.3 Å². The van der Waals surface area contributed by atoms with E-state index in [2.05, 4.69) is 10.3 Å². The molecule has 0 saturated carbocycles. The Kier molecular flexibility index (Phi) is 6.27. The largest absolute Gasteiger partial charge is 0.497 e. The first-order valence-electron chi connectivity index (χ1n) is 10.6. The van der Waals surface area contributed by atoms with E-state index in [0.29, 0.717) is 32.1 Å². The number of anilines is 1. The SMILES string of the molecule is COc1cccc(NC(=O)c2sc3ncn(CC(=O)N4CCCC[C@H]4C)c(=O)c3c2C)c1. The summed E-state index contributed by atoms with van der Waals surface area (Å²) in [5.41, 5.74) is 0.857. The summed E-state index contributed by atoms with van der Waals surface area (Å²) in [7, 11) is 1.56. The Morgan fingerprint density at radius 3 is 2.88 bits per heavy atom. The minimum Gasteiger partial charge on any atom is -0.497 e. The first kappa shape index (κ1) is 22.0. The van der Waals surface area contributed by atoms with Crippen LogP contribution in [-0.2, 0) is 11.3 Å². The zero-order chi connectivity index (χ0) is 22.8. The van der Waals surface area contributed by atoms with E-state index >= 15 is 0 Å². The predicted molar refractivity (Wildman–Crippen MR) is 125 cm³/mol. The number of carbonyl (C=O) groups excluding carboxylic acids is 2. The van der Waals surface area contributed by atoms with E-state index in [9.17, 15) is 14.4 Å². The van der Waals surface area contributed by atoms with E-state index in [1.165, 1.54) is 22.2 Å². The molecular weight excluding hydrogens is 428 g/mol. The van der Waals surface area contributed by atoms with Crippen LogP contribution in [0.5, 0.6) is 5.75 Å². The molecule has 1 N–H and O–H groups in total. The van der Waals surface area contributed by atoms with E-state index in [1.54, 1.807) is 38.3 Å². The van der Waals surface area contributed by atoms with Crippen LogP contribution >= 0.6 is 11.3 Å². The van der Waals surface area contributed by atoms with Gasteiger partial charge in [-0.2, -0.15) is 0 Å². The number of hydrogen-bond acceptors (Lipinski definition) is 6. The summed E-state index contributed by atoms with van der Waals surface area (Å²) >= 11 is 1.17. The molecule has 0 radical (unpaired) electrons. The quantitative estimate of drug-likeness (QED) is 0.638. The third kappa shape index (κ3) is 4.25. The number of rotatable bonds is 5. The Morgan fingerprint density at radius 2 is 2.12 bits per heavy atom. The van der Waals surface area contributed by atoms with Crippen LogP contribution in [0, 0.1) is 6.92 Å². The second-order valence-corrected chi connectivity index (χ2v) is 9.03. The van der Waals surface area contributed by atoms with Crippen LogP contribution in [0.25, 0.3) is 10.2 Å². The first-order valence-corrected chi connectivity index (χ1v) is 11.4. The van der Waals surface area contributed by atoms with Crippen LogP contribution in [0.3, 0.4) is 0 Å². The highest BCUT2D eigenvalue weighted by Gasteiger charge is 2.25. The van der Waals surface area contributed by atoms with Gasteiger partial charge in [0.2, 0.25) is 5.91 Å². The van der Waals surface area contributed by atoms with Gasteiger partial charge in [0, 0.05) is 24.3 Å². The molecule has 3 aromatic rings. The van der Waals surface area contributed by atoms with Crippen molar-refractivity contribution in [3.8, 4) is 5.75 Å². The number of methoxy groups -OCH3 is 1. The van der Waals surface area contributed by atoms with E-state index in [4.69, 9.17) is 4.74 Å². The molecule has 0 unspecified atom stereocenters. The number of amides is 2. The first-order chi connectivity index (χ1) is 15.4. The number of nitrogens with zero attached hydrogens (tertiary/aromatic N) is 3. The van der Waals surface area contributed by atoms with E-state index in [1.807, 2.05) is 11.8 Å². The van der Waals surface area contributed by atoms with Crippen molar-refractivity contribution in [1.29, 1.82) is 0 Å². The van der Waals surface area contributed by atoms with Crippen molar-refractivity contribution in [2.45, 2.75) is 45.7 Å². The average molecular weight is 455 g/mol. The molecule has 1 saturated heterocycles. The number of aromatic nitrogens is 2. The van der Waals surface area contributed by atoms with Crippen LogP contribution in [0.4, 0.5) is 5.69 Å². The van der Waals surface area contributed by atoms with Crippen LogP contribution < -0.4 is 15.6 Å². The minimum atomic E-state index is -0.317. The fraction of sp³-hybridized carbons (Fsp3) is 0.391. The molecule has 2 amide bonds. The standard InChI is InChI=1S/C23H26N4O4S/c1-14-7-4-5-10-27(14)18(28)12-26-13-24-22-19(23(26)30)15(2)20(32-22)21(29)25-16-8-6-9-17(11-16)31-3/h6,8-9,11,13-14H,4-5,7,10,12H2,1-3H3,(H,25,29)/t14-/m1/s1. The van der Waals surface area contributed by atoms with Gasteiger partial charge < -0.3 is 15.0 Å². The molecule has 0 spiro atoms. The third-order valence-electron chi connectivity index (χ3n) is 5.88. The van der Waals surface area contributed by atoms with Crippen LogP contribution in [0.15, 0.2) is 35.4 Å². The van der Waals surface area contributed by atoms with Gasteiger partial charge in [0.05, 0.1) is 23.7 Å². The van der Waals surface area contributed by atoms with Gasteiger partial charge in [0.1, 0.15) is 17.1 Å². The summed E-state index contributed by atoms with van der Waals surface area (Å²) in [4.78, 5) is 45.9. The Bertz CT molecular complexity index is 1230. The lowest BCUT2D eigenvalue weighted by atomic mass is 10.0. The number of piperidine rings is 1. The summed E-state index contributed by atoms with van der Waals surface area (Å²) < 4.78 is 6.53. The maximum Gasteiger partial charge on any atom is 0.266 e. The van der Waals surface area contributed by atoms with Gasteiger partial charge in [-0.25, -0.2) is 4.98 Å². The van der Waals surface area contributed by atoms with Crippen LogP contribution in [-0.4, -0.2) is 46.0 Å². The Hall–Kier alpha value is -3.20. The lowest BCUT2D eigenvalue weighted by Crippen LogP contribution is -2.44. The molecule has 9 heteroatoms. The molecule has 0 aliphatic carbocycles. The number of likely N-dealkylation sites (tertiary alicyclic amines) is 1. The van der Waals surface area contributed by atoms with Crippen molar-refractivity contribution in [2.24, 2.45) is 0 Å². The second-order valence-electron chi connectivity index (χ2n) is 8.03. The van der Waals surface area contributed by atoms with Crippen molar-refractivity contribution in [1.82, 2.24) is 14.5 Å². The molecule has 1 aliphatic rings. The third-order valence-corrected chi connectivity index (χ3v) is 7.08. The molecule has 1 aliphatic heterocycles. The lowest BCUT2D eigenvalue weighted by Gasteiger charge is -2.33. The van der Waals surface area contributed by atoms with Gasteiger partial charge in [-0.1, -0.05) is 6.07 Å². The molecule has 168 valence electrons. The predicted octanol–water partition coefficient (Wildman–Crippen LogP) is 3.43. The minimum absolute atomic E-state index is 0.0489. The topological polar surface area (TPSA) is 93.5 Å². The Labute approximate surface area is 189 Å². The van der Waals surface area contributed by atoms with Crippen molar-refractivity contribution in [3.05, 3.63) is 51.4 Å². The van der Waals surface area contributed by atoms with E-state index in [0.717, 1.165) is 25.8 Å². The van der Waals surface area contributed by atoms with Gasteiger partial charge in [-0.3, -0.25) is 19.0 Å². The number of thiophene rings is 1. The normalized spacial score (nSPS) is 16.2. The average Bonchev–Trinajstić information content (AvgIpc) is 3.13. The number of benzene rings is 1. The lowest BCUT2D eigenvalue weighted by molar-refractivity contribution is -0.135. The summed E-state index contributed by atoms with van der Waals surface area (Å²) in [6, 6.07) is 7.24. The number of carbonyl (C=O) groups is 2. The molecule has 1 fully saturated rings. The highest BCUT2D eigenvalue weighted by atomic mass is 32.1. The van der Waals surface area contributed by atoms with Gasteiger partial charge in [0.15, 0.2) is 0 Å². The smallest absolute Gasteiger partial charge is 0.266 e. The van der Waals surface area contributed by atoms with Crippen LogP contribution in [0.1, 0.15) is 41.4 Å². The number of aryl methyl sites for hydroxylation is 1. The molecule has 0 bridgehead atoms. The van der Waals surface area contributed by atoms with Gasteiger partial charge in [-0.05, 0) is 50.8 Å².